The van der Waals surface area contributed by atoms with Crippen molar-refractivity contribution in [1.29, 1.82) is 0 Å². The van der Waals surface area contributed by atoms with Crippen molar-refractivity contribution in [2.24, 2.45) is 0 Å². The lowest BCUT2D eigenvalue weighted by Crippen LogP contribution is -2.34. The molecule has 0 amide bonds. The van der Waals surface area contributed by atoms with Crippen LogP contribution in [0.1, 0.15) is 30.1 Å². The molecule has 0 saturated carbocycles. The van der Waals surface area contributed by atoms with Crippen LogP contribution in [0.2, 0.25) is 5.02 Å². The Balaban J connectivity index is 1.34. The summed E-state index contributed by atoms with van der Waals surface area (Å²) in [7, 11) is 0. The zero-order chi connectivity index (χ0) is 20.3. The van der Waals surface area contributed by atoms with Crippen molar-refractivity contribution in [3.63, 3.8) is 0 Å². The van der Waals surface area contributed by atoms with Gasteiger partial charge in [-0.25, -0.2) is 4.98 Å². The van der Waals surface area contributed by atoms with Crippen LogP contribution in [0.15, 0.2) is 73.2 Å². The van der Waals surface area contributed by atoms with Crippen LogP contribution in [-0.2, 0) is 6.54 Å². The number of halogens is 1. The third-order valence-electron chi connectivity index (χ3n) is 5.85. The normalized spacial score (nSPS) is 17.3. The number of nitrogens with one attached hydrogen (secondary N) is 1. The lowest BCUT2D eigenvalue weighted by molar-refractivity contribution is 0.195. The zero-order valence-corrected chi connectivity index (χ0v) is 17.5. The lowest BCUT2D eigenvalue weighted by atomic mass is 9.90. The molecule has 3 aromatic heterocycles. The topological polar surface area (TPSA) is 49.7 Å². The Hall–Kier alpha value is -2.89. The van der Waals surface area contributed by atoms with Crippen molar-refractivity contribution in [1.82, 2.24) is 24.6 Å². The predicted molar refractivity (Wildman–Crippen MR) is 120 cm³/mol. The van der Waals surface area contributed by atoms with E-state index in [1.54, 1.807) is 0 Å². The number of rotatable bonds is 5. The Morgan fingerprint density at radius 1 is 1.07 bits per heavy atom. The monoisotopic (exact) mass is 417 g/mol. The molecule has 0 aliphatic carbocycles. The number of benzene rings is 1. The third-order valence-corrected chi connectivity index (χ3v) is 6.10. The van der Waals surface area contributed by atoms with Gasteiger partial charge < -0.3 is 4.57 Å². The Bertz CT molecular complexity index is 1100. The maximum atomic E-state index is 6.07. The molecule has 1 aliphatic rings. The fourth-order valence-corrected chi connectivity index (χ4v) is 4.52. The van der Waals surface area contributed by atoms with Crippen LogP contribution in [0.25, 0.3) is 16.9 Å². The molecule has 1 aromatic carbocycles. The van der Waals surface area contributed by atoms with Gasteiger partial charge in [-0.2, -0.15) is 5.10 Å². The summed E-state index contributed by atoms with van der Waals surface area (Å²) in [5.41, 5.74) is 4.82. The highest BCUT2D eigenvalue weighted by Gasteiger charge is 2.25. The second-order valence-electron chi connectivity index (χ2n) is 7.84. The van der Waals surface area contributed by atoms with Crippen molar-refractivity contribution in [3.05, 3.63) is 89.6 Å². The molecule has 152 valence electrons. The van der Waals surface area contributed by atoms with Gasteiger partial charge in [0.1, 0.15) is 5.82 Å². The predicted octanol–water partition coefficient (Wildman–Crippen LogP) is 5.30. The molecule has 1 N–H and O–H groups in total. The van der Waals surface area contributed by atoms with E-state index in [0.717, 1.165) is 36.0 Å². The molecule has 0 radical (unpaired) electrons. The van der Waals surface area contributed by atoms with Crippen LogP contribution in [-0.4, -0.2) is 37.7 Å². The summed E-state index contributed by atoms with van der Waals surface area (Å²) in [4.78, 5) is 7.04. The zero-order valence-electron chi connectivity index (χ0n) is 16.7. The summed E-state index contributed by atoms with van der Waals surface area (Å²) in [6.45, 7) is 3.02. The van der Waals surface area contributed by atoms with Gasteiger partial charge in [0.25, 0.3) is 0 Å². The summed E-state index contributed by atoms with van der Waals surface area (Å²) >= 11 is 6.07. The van der Waals surface area contributed by atoms with Gasteiger partial charge in [0.2, 0.25) is 0 Å². The molecular formula is C24H24ClN5. The molecule has 0 spiro atoms. The highest BCUT2D eigenvalue weighted by atomic mass is 35.5. The first-order valence-corrected chi connectivity index (χ1v) is 10.7. The minimum Gasteiger partial charge on any atom is -0.304 e. The molecule has 1 saturated heterocycles. The Morgan fingerprint density at radius 2 is 1.97 bits per heavy atom. The SMILES string of the molecule is Clc1ccc(-c2cn[nH]c2C2CCCN(Cc3cccn3-c3ccccn3)C2)cc1. The first-order chi connectivity index (χ1) is 14.8. The van der Waals surface area contributed by atoms with Gasteiger partial charge in [-0.05, 0) is 61.3 Å². The van der Waals surface area contributed by atoms with Crippen molar-refractivity contribution in [2.45, 2.75) is 25.3 Å². The quantitative estimate of drug-likeness (QED) is 0.479. The molecule has 0 bridgehead atoms. The van der Waals surface area contributed by atoms with E-state index in [1.807, 2.05) is 42.7 Å². The molecule has 5 rings (SSSR count). The van der Waals surface area contributed by atoms with Crippen LogP contribution < -0.4 is 0 Å². The molecule has 30 heavy (non-hydrogen) atoms. The third kappa shape index (κ3) is 3.91. The van der Waals surface area contributed by atoms with Crippen LogP contribution in [0.3, 0.4) is 0 Å². The molecule has 1 atom stereocenters. The second kappa shape index (κ2) is 8.46. The van der Waals surface area contributed by atoms with Crippen molar-refractivity contribution in [2.75, 3.05) is 13.1 Å². The summed E-state index contributed by atoms with van der Waals surface area (Å²) in [5, 5.41) is 8.40. The van der Waals surface area contributed by atoms with Crippen LogP contribution in [0.4, 0.5) is 0 Å². The van der Waals surface area contributed by atoms with Gasteiger partial charge in [0.05, 0.1) is 6.20 Å². The smallest absolute Gasteiger partial charge is 0.136 e. The Morgan fingerprint density at radius 3 is 2.80 bits per heavy atom. The van der Waals surface area contributed by atoms with E-state index >= 15 is 0 Å². The maximum absolute atomic E-state index is 6.07. The lowest BCUT2D eigenvalue weighted by Gasteiger charge is -2.32. The summed E-state index contributed by atoms with van der Waals surface area (Å²) in [5.74, 6) is 1.40. The Kier molecular flexibility index (Phi) is 5.39. The highest BCUT2D eigenvalue weighted by molar-refractivity contribution is 6.30. The summed E-state index contributed by atoms with van der Waals surface area (Å²) in [6, 6.07) is 18.3. The molecule has 1 unspecified atom stereocenters. The minimum absolute atomic E-state index is 0.435. The summed E-state index contributed by atoms with van der Waals surface area (Å²) < 4.78 is 2.18. The van der Waals surface area contributed by atoms with Gasteiger partial charge in [-0.1, -0.05) is 29.8 Å². The number of likely N-dealkylation sites (tertiary alicyclic amines) is 1. The number of nitrogens with zero attached hydrogens (tertiary/aromatic N) is 4. The Labute approximate surface area is 181 Å². The second-order valence-corrected chi connectivity index (χ2v) is 8.27. The largest absolute Gasteiger partial charge is 0.304 e. The van der Waals surface area contributed by atoms with Gasteiger partial charge in [0.15, 0.2) is 0 Å². The minimum atomic E-state index is 0.435. The summed E-state index contributed by atoms with van der Waals surface area (Å²) in [6.07, 6.45) is 8.21. The van der Waals surface area contributed by atoms with Crippen molar-refractivity contribution in [3.8, 4) is 16.9 Å². The van der Waals surface area contributed by atoms with E-state index < -0.39 is 0 Å². The fraction of sp³-hybridized carbons (Fsp3) is 0.250. The van der Waals surface area contributed by atoms with Crippen LogP contribution in [0, 0.1) is 0 Å². The molecule has 5 nitrogen and oxygen atoms in total. The molecule has 1 fully saturated rings. The number of aromatic amines is 1. The number of hydrogen-bond acceptors (Lipinski definition) is 3. The molecule has 6 heteroatoms. The van der Waals surface area contributed by atoms with Crippen LogP contribution in [0.5, 0.6) is 0 Å². The van der Waals surface area contributed by atoms with Gasteiger partial charge in [-0.3, -0.25) is 10.00 Å². The van der Waals surface area contributed by atoms with Gasteiger partial charge in [-0.15, -0.1) is 0 Å². The molecule has 1 aliphatic heterocycles. The molecular weight excluding hydrogens is 394 g/mol. The van der Waals surface area contributed by atoms with E-state index in [1.165, 1.54) is 29.8 Å². The van der Waals surface area contributed by atoms with E-state index in [2.05, 4.69) is 55.1 Å². The number of hydrogen-bond donors (Lipinski definition) is 1. The number of aromatic nitrogens is 4. The average molecular weight is 418 g/mol. The number of H-pyrrole nitrogens is 1. The van der Waals surface area contributed by atoms with E-state index in [0.29, 0.717) is 5.92 Å². The first kappa shape index (κ1) is 19.1. The van der Waals surface area contributed by atoms with Gasteiger partial charge in [0, 0.05) is 53.4 Å². The standard InChI is InChI=1S/C24H24ClN5/c25-20-10-8-18(9-11-20)22-15-27-28-24(22)19-5-3-13-29(16-19)17-21-6-4-14-30(21)23-7-1-2-12-26-23/h1-2,4,6-12,14-15,19H,3,5,13,16-17H2,(H,27,28). The van der Waals surface area contributed by atoms with Crippen molar-refractivity contribution < 1.29 is 0 Å². The van der Waals surface area contributed by atoms with E-state index in [9.17, 15) is 0 Å². The maximum Gasteiger partial charge on any atom is 0.136 e. The number of pyridine rings is 1. The number of piperidine rings is 1. The van der Waals surface area contributed by atoms with Crippen molar-refractivity contribution >= 4 is 11.6 Å². The van der Waals surface area contributed by atoms with E-state index in [4.69, 9.17) is 11.6 Å². The first-order valence-electron chi connectivity index (χ1n) is 10.4. The fourth-order valence-electron chi connectivity index (χ4n) is 4.40. The van der Waals surface area contributed by atoms with Gasteiger partial charge >= 0.3 is 0 Å². The molecule has 4 aromatic rings. The molecule has 4 heterocycles. The van der Waals surface area contributed by atoms with E-state index in [-0.39, 0.29) is 0 Å². The van der Waals surface area contributed by atoms with Crippen LogP contribution >= 0.6 is 11.6 Å². The highest BCUT2D eigenvalue weighted by Crippen LogP contribution is 2.34. The average Bonchev–Trinajstić information content (AvgIpc) is 3.45.